The van der Waals surface area contributed by atoms with Crippen molar-refractivity contribution in [2.75, 3.05) is 0 Å². The van der Waals surface area contributed by atoms with E-state index < -0.39 is 28.4 Å². The molecule has 0 atom stereocenters. The van der Waals surface area contributed by atoms with Crippen LogP contribution in [-0.4, -0.2) is 22.6 Å². The summed E-state index contributed by atoms with van der Waals surface area (Å²) in [5.74, 6) is -1.20. The van der Waals surface area contributed by atoms with E-state index in [2.05, 4.69) is 9.72 Å². The van der Waals surface area contributed by atoms with Crippen molar-refractivity contribution in [1.82, 2.24) is 4.98 Å². The Kier molecular flexibility index (Phi) is 3.30. The van der Waals surface area contributed by atoms with Gasteiger partial charge >= 0.3 is 12.0 Å². The summed E-state index contributed by atoms with van der Waals surface area (Å²) in [4.78, 5) is 23.3. The largest absolute Gasteiger partial charge is 0.573 e. The van der Waals surface area contributed by atoms with Crippen molar-refractivity contribution in [1.29, 1.82) is 0 Å². The van der Waals surface area contributed by atoms with Gasteiger partial charge in [0.05, 0.1) is 4.92 Å². The summed E-state index contributed by atoms with van der Waals surface area (Å²) in [5.41, 5.74) is -1.85. The van der Waals surface area contributed by atoms with E-state index in [-0.39, 0.29) is 11.8 Å². The number of ether oxygens (including phenoxy) is 1. The molecule has 1 aromatic rings. The Morgan fingerprint density at radius 1 is 1.53 bits per heavy atom. The number of aromatic nitrogens is 1. The number of halogens is 3. The van der Waals surface area contributed by atoms with Crippen molar-refractivity contribution in [3.8, 4) is 5.75 Å². The van der Waals surface area contributed by atoms with Crippen LogP contribution in [0.1, 0.15) is 16.1 Å². The van der Waals surface area contributed by atoms with Crippen LogP contribution in [0, 0.1) is 17.0 Å². The third-order valence-electron chi connectivity index (χ3n) is 1.73. The van der Waals surface area contributed by atoms with Gasteiger partial charge in [0.2, 0.25) is 5.75 Å². The fourth-order valence-electron chi connectivity index (χ4n) is 1.11. The maximum absolute atomic E-state index is 12.0. The summed E-state index contributed by atoms with van der Waals surface area (Å²) in [6, 6.07) is 0. The van der Waals surface area contributed by atoms with E-state index in [4.69, 9.17) is 0 Å². The van der Waals surface area contributed by atoms with Crippen molar-refractivity contribution in [2.45, 2.75) is 13.3 Å². The summed E-state index contributed by atoms with van der Waals surface area (Å²) in [7, 11) is 0. The topological polar surface area (TPSA) is 82.3 Å². The monoisotopic (exact) mass is 250 g/mol. The Bertz CT molecular complexity index is 473. The second-order valence-corrected chi connectivity index (χ2v) is 2.93. The molecule has 0 amide bonds. The number of pyridine rings is 1. The van der Waals surface area contributed by atoms with Crippen LogP contribution in [0.4, 0.5) is 18.9 Å². The molecule has 0 spiro atoms. The van der Waals surface area contributed by atoms with Gasteiger partial charge < -0.3 is 4.74 Å². The molecule has 0 fully saturated rings. The van der Waals surface area contributed by atoms with Gasteiger partial charge in [-0.05, 0) is 6.92 Å². The first-order chi connectivity index (χ1) is 7.76. The molecule has 0 radical (unpaired) electrons. The minimum absolute atomic E-state index is 0.0481. The molecule has 0 saturated carbocycles. The molecule has 1 rings (SSSR count). The van der Waals surface area contributed by atoms with Gasteiger partial charge in [0, 0.05) is 11.8 Å². The first-order valence-electron chi connectivity index (χ1n) is 4.11. The van der Waals surface area contributed by atoms with Crippen LogP contribution in [0.5, 0.6) is 5.75 Å². The normalized spacial score (nSPS) is 11.1. The van der Waals surface area contributed by atoms with Gasteiger partial charge in [0.15, 0.2) is 12.0 Å². The molecule has 17 heavy (non-hydrogen) atoms. The van der Waals surface area contributed by atoms with Crippen molar-refractivity contribution in [3.63, 3.8) is 0 Å². The van der Waals surface area contributed by atoms with E-state index in [9.17, 15) is 28.1 Å². The molecule has 9 heteroatoms. The van der Waals surface area contributed by atoms with Gasteiger partial charge in [-0.15, -0.1) is 13.2 Å². The number of rotatable bonds is 3. The number of nitrogens with zero attached hydrogens (tertiary/aromatic N) is 2. The van der Waals surface area contributed by atoms with Crippen LogP contribution in [0.2, 0.25) is 0 Å². The summed E-state index contributed by atoms with van der Waals surface area (Å²) < 4.78 is 39.6. The van der Waals surface area contributed by atoms with E-state index in [0.717, 1.165) is 6.20 Å². The number of carbonyl (C=O) groups excluding carboxylic acids is 1. The van der Waals surface area contributed by atoms with Crippen LogP contribution < -0.4 is 4.74 Å². The highest BCUT2D eigenvalue weighted by molar-refractivity contribution is 5.80. The molecule has 1 heterocycles. The van der Waals surface area contributed by atoms with E-state index in [1.54, 1.807) is 0 Å². The molecule has 92 valence electrons. The highest BCUT2D eigenvalue weighted by Crippen LogP contribution is 2.35. The van der Waals surface area contributed by atoms with Crippen molar-refractivity contribution < 1.29 is 27.6 Å². The molecule has 0 aromatic carbocycles. The van der Waals surface area contributed by atoms with Crippen LogP contribution >= 0.6 is 0 Å². The van der Waals surface area contributed by atoms with E-state index in [0.29, 0.717) is 0 Å². The van der Waals surface area contributed by atoms with Crippen molar-refractivity contribution >= 4 is 12.0 Å². The molecular formula is C8H5F3N2O4. The summed E-state index contributed by atoms with van der Waals surface area (Å²) >= 11 is 0. The van der Waals surface area contributed by atoms with Crippen LogP contribution in [0.25, 0.3) is 0 Å². The second-order valence-electron chi connectivity index (χ2n) is 2.93. The average Bonchev–Trinajstić information content (AvgIpc) is 2.15. The molecular weight excluding hydrogens is 245 g/mol. The maximum Gasteiger partial charge on any atom is 0.573 e. The SMILES string of the molecule is Cc1cnc(C=O)c(OC(F)(F)F)c1[N+](=O)[O-]. The van der Waals surface area contributed by atoms with Gasteiger partial charge in [0.25, 0.3) is 0 Å². The van der Waals surface area contributed by atoms with Gasteiger partial charge in [-0.3, -0.25) is 14.9 Å². The molecule has 0 unspecified atom stereocenters. The molecule has 6 nitrogen and oxygen atoms in total. The second kappa shape index (κ2) is 4.36. The lowest BCUT2D eigenvalue weighted by Gasteiger charge is -2.11. The molecule has 0 saturated heterocycles. The fourth-order valence-corrected chi connectivity index (χ4v) is 1.11. The zero-order valence-electron chi connectivity index (χ0n) is 8.32. The predicted octanol–water partition coefficient (Wildman–Crippen LogP) is 2.01. The Morgan fingerprint density at radius 2 is 2.12 bits per heavy atom. The van der Waals surface area contributed by atoms with E-state index >= 15 is 0 Å². The van der Waals surface area contributed by atoms with Crippen LogP contribution in [-0.2, 0) is 0 Å². The minimum Gasteiger partial charge on any atom is -0.396 e. The maximum atomic E-state index is 12.0. The lowest BCUT2D eigenvalue weighted by atomic mass is 10.2. The molecule has 0 aliphatic heterocycles. The number of aryl methyl sites for hydroxylation is 1. The number of hydrogen-bond donors (Lipinski definition) is 0. The standard InChI is InChI=1S/C8H5F3N2O4/c1-4-2-12-5(3-14)7(6(4)13(15)16)17-8(9,10)11/h2-3H,1H3. The molecule has 0 N–H and O–H groups in total. The molecule has 1 aromatic heterocycles. The summed E-state index contributed by atoms with van der Waals surface area (Å²) in [5, 5.41) is 10.6. The molecule has 0 bridgehead atoms. The van der Waals surface area contributed by atoms with Crippen LogP contribution in [0.3, 0.4) is 0 Å². The minimum atomic E-state index is -5.14. The first-order valence-corrected chi connectivity index (χ1v) is 4.11. The van der Waals surface area contributed by atoms with E-state index in [1.807, 2.05) is 0 Å². The first kappa shape index (κ1) is 12.9. The third kappa shape index (κ3) is 2.89. The predicted molar refractivity (Wildman–Crippen MR) is 47.7 cm³/mol. The zero-order valence-corrected chi connectivity index (χ0v) is 8.32. The van der Waals surface area contributed by atoms with Crippen molar-refractivity contribution in [3.05, 3.63) is 27.6 Å². The number of carbonyl (C=O) groups is 1. The van der Waals surface area contributed by atoms with Gasteiger partial charge in [0.1, 0.15) is 0 Å². The van der Waals surface area contributed by atoms with E-state index in [1.165, 1.54) is 6.92 Å². The van der Waals surface area contributed by atoms with Crippen molar-refractivity contribution in [2.24, 2.45) is 0 Å². The van der Waals surface area contributed by atoms with Gasteiger partial charge in [-0.25, -0.2) is 4.98 Å². The summed E-state index contributed by atoms with van der Waals surface area (Å²) in [6.07, 6.45) is -4.27. The number of hydrogen-bond acceptors (Lipinski definition) is 5. The number of alkyl halides is 3. The molecule has 0 aliphatic carbocycles. The Hall–Kier alpha value is -2.19. The van der Waals surface area contributed by atoms with Crippen LogP contribution in [0.15, 0.2) is 6.20 Å². The molecule has 0 aliphatic rings. The third-order valence-corrected chi connectivity index (χ3v) is 1.73. The average molecular weight is 250 g/mol. The zero-order chi connectivity index (χ0) is 13.2. The Labute approximate surface area is 92.2 Å². The van der Waals surface area contributed by atoms with Gasteiger partial charge in [-0.2, -0.15) is 0 Å². The quantitative estimate of drug-likeness (QED) is 0.465. The smallest absolute Gasteiger partial charge is 0.396 e. The number of aldehydes is 1. The lowest BCUT2D eigenvalue weighted by Crippen LogP contribution is -2.19. The Morgan fingerprint density at radius 3 is 2.53 bits per heavy atom. The number of nitro groups is 1. The highest BCUT2D eigenvalue weighted by atomic mass is 19.4. The lowest BCUT2D eigenvalue weighted by molar-refractivity contribution is -0.389. The summed E-state index contributed by atoms with van der Waals surface area (Å²) in [6.45, 7) is 1.18. The van der Waals surface area contributed by atoms with Gasteiger partial charge in [-0.1, -0.05) is 0 Å². The Balaban J connectivity index is 3.45. The highest BCUT2D eigenvalue weighted by Gasteiger charge is 2.37. The fraction of sp³-hybridized carbons (Fsp3) is 0.250.